The molecule has 48 heavy (non-hydrogen) atoms. The fourth-order valence-corrected chi connectivity index (χ4v) is 6.06. The largest absolute Gasteiger partial charge is 1.00 e. The second kappa shape index (κ2) is 21.6. The molecule has 0 radical (unpaired) electrons. The van der Waals surface area contributed by atoms with Crippen LogP contribution in [0.1, 0.15) is 94.9 Å². The van der Waals surface area contributed by atoms with E-state index in [0.29, 0.717) is 11.8 Å². The predicted molar refractivity (Wildman–Crippen MR) is 201 cm³/mol. The molecule has 0 amide bonds. The molecule has 0 atom stereocenters. The van der Waals surface area contributed by atoms with E-state index in [0.717, 1.165) is 6.42 Å². The summed E-state index contributed by atoms with van der Waals surface area (Å²) in [5.74, 6) is 1.18. The molecule has 0 saturated carbocycles. The van der Waals surface area contributed by atoms with Gasteiger partial charge in [0, 0.05) is 25.8 Å². The maximum atomic E-state index is 3.38. The topological polar surface area (TPSA) is 0 Å². The van der Waals surface area contributed by atoms with E-state index in [-0.39, 0.29) is 50.7 Å². The van der Waals surface area contributed by atoms with Crippen LogP contribution in [0.4, 0.5) is 0 Å². The summed E-state index contributed by atoms with van der Waals surface area (Å²) in [4.78, 5) is 0. The molecule has 0 spiro atoms. The normalized spacial score (nSPS) is 10.4. The Hall–Kier alpha value is -2.45. The van der Waals surface area contributed by atoms with E-state index in [1.165, 1.54) is 91.7 Å². The van der Waals surface area contributed by atoms with Crippen LogP contribution in [0.15, 0.2) is 109 Å². The second-order valence-corrected chi connectivity index (χ2v) is 12.8. The number of halogens is 2. The van der Waals surface area contributed by atoms with Gasteiger partial charge in [-0.05, 0) is 46.9 Å². The summed E-state index contributed by atoms with van der Waals surface area (Å²) in [5.41, 5.74) is 11.1. The minimum atomic E-state index is 0. The summed E-state index contributed by atoms with van der Waals surface area (Å²) in [6.07, 6.45) is 5.49. The van der Waals surface area contributed by atoms with Crippen LogP contribution in [0.25, 0.3) is 43.8 Å². The Kier molecular flexibility index (Phi) is 19.6. The van der Waals surface area contributed by atoms with Crippen molar-refractivity contribution in [2.45, 2.75) is 85.5 Å². The van der Waals surface area contributed by atoms with Crippen LogP contribution in [-0.2, 0) is 38.7 Å². The van der Waals surface area contributed by atoms with Crippen LogP contribution < -0.4 is 24.8 Å². The molecule has 0 N–H and O–H groups in total. The van der Waals surface area contributed by atoms with Crippen LogP contribution in [-0.4, -0.2) is 0 Å². The Balaban J connectivity index is 0.000000420. The number of benzene rings is 4. The Morgan fingerprint density at radius 2 is 0.875 bits per heavy atom. The molecule has 0 bridgehead atoms. The van der Waals surface area contributed by atoms with Crippen molar-refractivity contribution in [2.75, 3.05) is 0 Å². The zero-order valence-corrected chi connectivity index (χ0v) is 34.9. The van der Waals surface area contributed by atoms with Gasteiger partial charge in [-0.3, -0.25) is 0 Å². The Bertz CT molecular complexity index is 1620. The first kappa shape index (κ1) is 43.6. The fraction of sp³-hybridized carbons (Fsp3) is 0.289. The average Bonchev–Trinajstić information content (AvgIpc) is 3.65. The number of fused-ring (bicyclic) bond motifs is 2. The molecule has 0 heterocycles. The van der Waals surface area contributed by atoms with Crippen molar-refractivity contribution in [1.82, 2.24) is 0 Å². The second-order valence-electron chi connectivity index (χ2n) is 12.8. The van der Waals surface area contributed by atoms with E-state index in [9.17, 15) is 0 Å². The molecule has 0 fully saturated rings. The minimum absolute atomic E-state index is 0. The molecule has 0 unspecified atom stereocenters. The van der Waals surface area contributed by atoms with Gasteiger partial charge in [-0.25, -0.2) is 0 Å². The van der Waals surface area contributed by atoms with Crippen molar-refractivity contribution in [2.24, 2.45) is 0 Å². The first-order chi connectivity index (χ1) is 21.8. The molecule has 0 saturated heterocycles. The summed E-state index contributed by atoms with van der Waals surface area (Å²) in [6, 6.07) is 40.7. The van der Waals surface area contributed by atoms with Crippen molar-refractivity contribution in [1.29, 1.82) is 0 Å². The van der Waals surface area contributed by atoms with E-state index >= 15 is 0 Å². The van der Waals surface area contributed by atoms with E-state index in [1.54, 1.807) is 0 Å². The van der Waals surface area contributed by atoms with Gasteiger partial charge in [0.2, 0.25) is 0 Å². The van der Waals surface area contributed by atoms with E-state index in [1.807, 2.05) is 0 Å². The van der Waals surface area contributed by atoms with Gasteiger partial charge in [-0.1, -0.05) is 126 Å². The average molecular weight is 842 g/mol. The van der Waals surface area contributed by atoms with Crippen LogP contribution in [0, 0.1) is 13.8 Å². The number of hydrogen-bond donors (Lipinski definition) is 0. The molecule has 6 aromatic rings. The first-order valence-electron chi connectivity index (χ1n) is 16.9. The maximum absolute atomic E-state index is 3.38. The van der Waals surface area contributed by atoms with E-state index in [2.05, 4.69) is 165 Å². The molecule has 6 rings (SSSR count). The van der Waals surface area contributed by atoms with Gasteiger partial charge in [0.05, 0.1) is 0 Å². The molecule has 6 aromatic carbocycles. The van der Waals surface area contributed by atoms with Crippen molar-refractivity contribution >= 4 is 21.5 Å². The van der Waals surface area contributed by atoms with E-state index < -0.39 is 0 Å². The van der Waals surface area contributed by atoms with Gasteiger partial charge in [-0.15, -0.1) is 69.1 Å². The van der Waals surface area contributed by atoms with Crippen LogP contribution in [0.2, 0.25) is 0 Å². The Labute approximate surface area is 323 Å². The Morgan fingerprint density at radius 1 is 0.542 bits per heavy atom. The molecule has 0 aromatic heterocycles. The SMILES string of the molecule is CCCc1cc2c(-c3ccc(C(C)C)cc3)cccc2[cH-]1.CCCc1cc2c(-c3ccc(C(C)C)cc3)cccc2[cH-]1.[CH2-]C[CH2-].[Cl-].[Cl-].[Hf]. The number of aryl methyl sites for hydroxylation is 2. The van der Waals surface area contributed by atoms with Crippen LogP contribution >= 0.6 is 0 Å². The molecule has 0 aliphatic carbocycles. The molecule has 0 nitrogen and oxygen atoms in total. The zero-order chi connectivity index (χ0) is 32.3. The molecule has 0 aliphatic rings. The molecule has 256 valence electrons. The third-order valence-electron chi connectivity index (χ3n) is 8.48. The summed E-state index contributed by atoms with van der Waals surface area (Å²) < 4.78 is 0. The van der Waals surface area contributed by atoms with E-state index in [4.69, 9.17) is 0 Å². The Morgan fingerprint density at radius 3 is 1.17 bits per heavy atom. The van der Waals surface area contributed by atoms with Crippen molar-refractivity contribution < 1.29 is 50.7 Å². The van der Waals surface area contributed by atoms with Gasteiger partial charge < -0.3 is 45.1 Å². The van der Waals surface area contributed by atoms with Crippen molar-refractivity contribution in [3.8, 4) is 22.3 Å². The minimum Gasteiger partial charge on any atom is -1.00 e. The summed E-state index contributed by atoms with van der Waals surface area (Å²) in [7, 11) is 0. The third-order valence-corrected chi connectivity index (χ3v) is 8.48. The molecular formula is C45H52Cl2Hf-6. The predicted octanol–water partition coefficient (Wildman–Crippen LogP) is 7.65. The zero-order valence-electron chi connectivity index (χ0n) is 29.8. The van der Waals surface area contributed by atoms with Crippen molar-refractivity contribution in [3.63, 3.8) is 0 Å². The van der Waals surface area contributed by atoms with Gasteiger partial charge in [-0.2, -0.15) is 12.1 Å². The number of hydrogen-bond acceptors (Lipinski definition) is 0. The first-order valence-corrected chi connectivity index (χ1v) is 16.9. The van der Waals surface area contributed by atoms with Crippen LogP contribution in [0.3, 0.4) is 0 Å². The third kappa shape index (κ3) is 11.3. The van der Waals surface area contributed by atoms with Crippen molar-refractivity contribution in [3.05, 3.63) is 145 Å². The molecular weight excluding hydrogens is 790 g/mol. The summed E-state index contributed by atoms with van der Waals surface area (Å²) >= 11 is 0. The van der Waals surface area contributed by atoms with Gasteiger partial charge in [0.15, 0.2) is 0 Å². The smallest absolute Gasteiger partial charge is 0 e. The summed E-state index contributed by atoms with van der Waals surface area (Å²) in [6.45, 7) is 20.2. The van der Waals surface area contributed by atoms with Gasteiger partial charge >= 0.3 is 0 Å². The standard InChI is InChI=1S/2C21H23.C3H6.2ClH.Hf/c2*1-4-6-16-13-19-7-5-8-20(21(19)14-16)18-11-9-17(10-12-18)15(2)3;1-3-2;;;/h2*5,7-15H,4,6H2,1-3H3;1-3H2;2*1H;/q2*-1;-2;;;/p-2. The molecule has 0 aliphatic heterocycles. The van der Waals surface area contributed by atoms with Crippen LogP contribution in [0.5, 0.6) is 0 Å². The quantitative estimate of drug-likeness (QED) is 0.109. The fourth-order valence-electron chi connectivity index (χ4n) is 6.06. The number of rotatable bonds is 8. The maximum Gasteiger partial charge on any atom is 0 e. The molecule has 3 heteroatoms. The summed E-state index contributed by atoms with van der Waals surface area (Å²) in [5, 5.41) is 5.50. The van der Waals surface area contributed by atoms with Gasteiger partial charge in [0.25, 0.3) is 0 Å². The monoisotopic (exact) mass is 842 g/mol. The van der Waals surface area contributed by atoms with Gasteiger partial charge in [0.1, 0.15) is 0 Å².